The maximum atomic E-state index is 12.2. The van der Waals surface area contributed by atoms with Gasteiger partial charge in [0.2, 0.25) is 5.91 Å². The molecule has 0 unspecified atom stereocenters. The number of nitrogens with zero attached hydrogens (tertiary/aromatic N) is 2. The van der Waals surface area contributed by atoms with Gasteiger partial charge in [0.05, 0.1) is 0 Å². The van der Waals surface area contributed by atoms with Gasteiger partial charge in [0.15, 0.2) is 0 Å². The molecule has 2 heterocycles. The van der Waals surface area contributed by atoms with E-state index in [1.807, 2.05) is 29.2 Å². The second-order valence-corrected chi connectivity index (χ2v) is 5.75. The topological polar surface area (TPSA) is 33.2 Å². The fourth-order valence-electron chi connectivity index (χ4n) is 2.89. The Morgan fingerprint density at radius 1 is 1.23 bits per heavy atom. The van der Waals surface area contributed by atoms with Crippen LogP contribution in [0.1, 0.15) is 17.5 Å². The second kappa shape index (κ2) is 7.03. The number of carbonyl (C=O) groups excluding carboxylic acids is 1. The molecule has 1 atom stereocenters. The molecule has 112 valence electrons. The van der Waals surface area contributed by atoms with Crippen molar-refractivity contribution in [1.82, 2.24) is 9.88 Å². The fourth-order valence-corrected chi connectivity index (χ4v) is 2.89. The summed E-state index contributed by atoms with van der Waals surface area (Å²) in [4.78, 5) is 18.2. The average Bonchev–Trinajstić information content (AvgIpc) is 3.03. The first kappa shape index (κ1) is 14.5. The summed E-state index contributed by atoms with van der Waals surface area (Å²) >= 11 is 0. The summed E-state index contributed by atoms with van der Waals surface area (Å²) in [6.45, 7) is 1.71. The van der Waals surface area contributed by atoms with Gasteiger partial charge in [-0.1, -0.05) is 36.4 Å². The highest BCUT2D eigenvalue weighted by molar-refractivity contribution is 5.91. The Labute approximate surface area is 131 Å². The van der Waals surface area contributed by atoms with Gasteiger partial charge in [-0.15, -0.1) is 0 Å². The van der Waals surface area contributed by atoms with Gasteiger partial charge in [-0.05, 0) is 42.0 Å². The van der Waals surface area contributed by atoms with Gasteiger partial charge in [0.25, 0.3) is 0 Å². The third kappa shape index (κ3) is 3.82. The Bertz CT molecular complexity index is 637. The minimum atomic E-state index is 0.0967. The maximum absolute atomic E-state index is 12.2. The van der Waals surface area contributed by atoms with Crippen LogP contribution in [-0.2, 0) is 11.2 Å². The van der Waals surface area contributed by atoms with E-state index in [0.717, 1.165) is 31.5 Å². The van der Waals surface area contributed by atoms with Gasteiger partial charge in [0, 0.05) is 31.6 Å². The number of amides is 1. The molecule has 3 nitrogen and oxygen atoms in total. The van der Waals surface area contributed by atoms with E-state index >= 15 is 0 Å². The highest BCUT2D eigenvalue weighted by Gasteiger charge is 2.24. The summed E-state index contributed by atoms with van der Waals surface area (Å²) in [6, 6.07) is 14.3. The van der Waals surface area contributed by atoms with Gasteiger partial charge < -0.3 is 4.90 Å². The SMILES string of the molecule is O=C(/C=C/c1cccnc1)N1CC[C@H](Cc2ccccc2)C1. The lowest BCUT2D eigenvalue weighted by atomic mass is 9.99. The molecule has 22 heavy (non-hydrogen) atoms. The largest absolute Gasteiger partial charge is 0.339 e. The highest BCUT2D eigenvalue weighted by atomic mass is 16.2. The fraction of sp³-hybridized carbons (Fsp3) is 0.263. The van der Waals surface area contributed by atoms with Crippen molar-refractivity contribution in [3.05, 3.63) is 72.1 Å². The highest BCUT2D eigenvalue weighted by Crippen LogP contribution is 2.21. The summed E-state index contributed by atoms with van der Waals surface area (Å²) < 4.78 is 0. The standard InChI is InChI=1S/C19H20N2O/c22-19(9-8-17-7-4-11-20-14-17)21-12-10-18(15-21)13-16-5-2-1-3-6-16/h1-9,11,14,18H,10,12-13,15H2/b9-8+/t18-/m1/s1. The number of rotatable bonds is 4. The second-order valence-electron chi connectivity index (χ2n) is 5.75. The molecule has 1 aromatic carbocycles. The van der Waals surface area contributed by atoms with Crippen molar-refractivity contribution < 1.29 is 4.79 Å². The molecular formula is C19H20N2O. The summed E-state index contributed by atoms with van der Waals surface area (Å²) in [5.74, 6) is 0.664. The molecule has 1 fully saturated rings. The van der Waals surface area contributed by atoms with Crippen LogP contribution in [0.2, 0.25) is 0 Å². The van der Waals surface area contributed by atoms with E-state index in [9.17, 15) is 4.79 Å². The first-order valence-corrected chi connectivity index (χ1v) is 7.72. The number of hydrogen-bond donors (Lipinski definition) is 0. The van der Waals surface area contributed by atoms with Crippen LogP contribution in [0, 0.1) is 5.92 Å². The Morgan fingerprint density at radius 3 is 2.86 bits per heavy atom. The van der Waals surface area contributed by atoms with Gasteiger partial charge in [-0.25, -0.2) is 0 Å². The third-order valence-corrected chi connectivity index (χ3v) is 4.07. The van der Waals surface area contributed by atoms with Crippen LogP contribution >= 0.6 is 0 Å². The minimum absolute atomic E-state index is 0.0967. The van der Waals surface area contributed by atoms with Crippen molar-refractivity contribution in [2.75, 3.05) is 13.1 Å². The van der Waals surface area contributed by atoms with Crippen LogP contribution in [0.15, 0.2) is 60.9 Å². The van der Waals surface area contributed by atoms with E-state index in [1.54, 1.807) is 18.5 Å². The first-order chi connectivity index (χ1) is 10.8. The molecule has 1 aliphatic rings. The van der Waals surface area contributed by atoms with Crippen molar-refractivity contribution in [3.8, 4) is 0 Å². The zero-order valence-corrected chi connectivity index (χ0v) is 12.6. The molecule has 0 bridgehead atoms. The number of benzene rings is 1. The molecule has 0 N–H and O–H groups in total. The van der Waals surface area contributed by atoms with Crippen LogP contribution in [0.25, 0.3) is 6.08 Å². The van der Waals surface area contributed by atoms with Crippen molar-refractivity contribution in [2.24, 2.45) is 5.92 Å². The monoisotopic (exact) mass is 292 g/mol. The molecule has 1 amide bonds. The van der Waals surface area contributed by atoms with Gasteiger partial charge >= 0.3 is 0 Å². The molecule has 0 aliphatic carbocycles. The predicted octanol–water partition coefficient (Wildman–Crippen LogP) is 3.19. The normalized spacial score (nSPS) is 18.0. The van der Waals surface area contributed by atoms with E-state index in [0.29, 0.717) is 5.92 Å². The van der Waals surface area contributed by atoms with Crippen LogP contribution in [0.3, 0.4) is 0 Å². The zero-order valence-electron chi connectivity index (χ0n) is 12.6. The number of carbonyl (C=O) groups is 1. The summed E-state index contributed by atoms with van der Waals surface area (Å²) in [5.41, 5.74) is 2.31. The van der Waals surface area contributed by atoms with Gasteiger partial charge in [-0.2, -0.15) is 0 Å². The Morgan fingerprint density at radius 2 is 2.09 bits per heavy atom. The lowest BCUT2D eigenvalue weighted by Crippen LogP contribution is -2.27. The maximum Gasteiger partial charge on any atom is 0.246 e. The van der Waals surface area contributed by atoms with Crippen LogP contribution < -0.4 is 0 Å². The average molecular weight is 292 g/mol. The number of aromatic nitrogens is 1. The van der Waals surface area contributed by atoms with E-state index in [-0.39, 0.29) is 5.91 Å². The van der Waals surface area contributed by atoms with E-state index in [2.05, 4.69) is 29.2 Å². The molecular weight excluding hydrogens is 272 g/mol. The van der Waals surface area contributed by atoms with Crippen molar-refractivity contribution in [2.45, 2.75) is 12.8 Å². The summed E-state index contributed by atoms with van der Waals surface area (Å²) in [5, 5.41) is 0. The third-order valence-electron chi connectivity index (χ3n) is 4.07. The molecule has 0 saturated carbocycles. The van der Waals surface area contributed by atoms with E-state index in [4.69, 9.17) is 0 Å². The molecule has 1 saturated heterocycles. The number of hydrogen-bond acceptors (Lipinski definition) is 2. The van der Waals surface area contributed by atoms with E-state index in [1.165, 1.54) is 5.56 Å². The first-order valence-electron chi connectivity index (χ1n) is 7.72. The molecule has 1 aromatic heterocycles. The quantitative estimate of drug-likeness (QED) is 0.811. The molecule has 1 aliphatic heterocycles. The lowest BCUT2D eigenvalue weighted by Gasteiger charge is -2.14. The molecule has 3 heteroatoms. The van der Waals surface area contributed by atoms with Gasteiger partial charge in [0.1, 0.15) is 0 Å². The number of likely N-dealkylation sites (tertiary alicyclic amines) is 1. The molecule has 2 aromatic rings. The minimum Gasteiger partial charge on any atom is -0.339 e. The Kier molecular flexibility index (Phi) is 4.64. The summed E-state index contributed by atoms with van der Waals surface area (Å²) in [6.07, 6.45) is 9.11. The predicted molar refractivity (Wildman–Crippen MR) is 88.1 cm³/mol. The zero-order chi connectivity index (χ0) is 15.2. The Hall–Kier alpha value is -2.42. The van der Waals surface area contributed by atoms with Gasteiger partial charge in [-0.3, -0.25) is 9.78 Å². The lowest BCUT2D eigenvalue weighted by molar-refractivity contribution is -0.125. The Balaban J connectivity index is 1.54. The smallest absolute Gasteiger partial charge is 0.246 e. The number of pyridine rings is 1. The summed E-state index contributed by atoms with van der Waals surface area (Å²) in [7, 11) is 0. The molecule has 0 spiro atoms. The molecule has 0 radical (unpaired) electrons. The van der Waals surface area contributed by atoms with Crippen molar-refractivity contribution in [3.63, 3.8) is 0 Å². The van der Waals surface area contributed by atoms with Crippen molar-refractivity contribution in [1.29, 1.82) is 0 Å². The van der Waals surface area contributed by atoms with Crippen molar-refractivity contribution >= 4 is 12.0 Å². The van der Waals surface area contributed by atoms with E-state index < -0.39 is 0 Å². The molecule has 3 rings (SSSR count). The van der Waals surface area contributed by atoms with Crippen LogP contribution in [0.4, 0.5) is 0 Å². The van der Waals surface area contributed by atoms with Crippen LogP contribution in [-0.4, -0.2) is 28.9 Å². The van der Waals surface area contributed by atoms with Crippen LogP contribution in [0.5, 0.6) is 0 Å².